The molecule has 7 heteroatoms. The van der Waals surface area contributed by atoms with Crippen LogP contribution in [0, 0.1) is 0 Å². The summed E-state index contributed by atoms with van der Waals surface area (Å²) >= 11 is 1.96. The summed E-state index contributed by atoms with van der Waals surface area (Å²) in [5.41, 5.74) is 1.06. The Hall–Kier alpha value is -2.02. The minimum absolute atomic E-state index is 0.501. The van der Waals surface area contributed by atoms with Crippen LogP contribution in [-0.4, -0.2) is 45.3 Å². The fraction of sp³-hybridized carbons (Fsp3) is 0.471. The molecule has 1 heterocycles. The molecule has 0 radical (unpaired) electrons. The highest BCUT2D eigenvalue weighted by Crippen LogP contribution is 2.28. The van der Waals surface area contributed by atoms with Gasteiger partial charge in [0.25, 0.3) is 0 Å². The quantitative estimate of drug-likeness (QED) is 0.643. The number of nitrogens with zero attached hydrogens (tertiary/aromatic N) is 4. The van der Waals surface area contributed by atoms with Crippen molar-refractivity contribution in [2.24, 2.45) is 4.99 Å². The molecule has 1 aliphatic rings. The van der Waals surface area contributed by atoms with E-state index in [-0.39, 0.29) is 0 Å². The SMILES string of the molecule is CN=C(NCc1nncn1-c1ccccc1)NC1CCC(SC)C1. The van der Waals surface area contributed by atoms with Gasteiger partial charge in [-0.3, -0.25) is 9.56 Å². The third kappa shape index (κ3) is 4.08. The van der Waals surface area contributed by atoms with Gasteiger partial charge in [-0.25, -0.2) is 0 Å². The number of thioether (sulfide) groups is 1. The Bertz CT molecular complexity index is 669. The van der Waals surface area contributed by atoms with Crippen LogP contribution in [0.1, 0.15) is 25.1 Å². The minimum atomic E-state index is 0.501. The average molecular weight is 344 g/mol. The molecule has 0 bridgehead atoms. The Morgan fingerprint density at radius 3 is 2.88 bits per heavy atom. The van der Waals surface area contributed by atoms with E-state index in [9.17, 15) is 0 Å². The maximum atomic E-state index is 4.33. The van der Waals surface area contributed by atoms with E-state index in [1.54, 1.807) is 13.4 Å². The largest absolute Gasteiger partial charge is 0.354 e. The van der Waals surface area contributed by atoms with Gasteiger partial charge >= 0.3 is 0 Å². The van der Waals surface area contributed by atoms with Crippen molar-refractivity contribution in [2.75, 3.05) is 13.3 Å². The Balaban J connectivity index is 1.58. The molecule has 0 saturated heterocycles. The average Bonchev–Trinajstić information content (AvgIpc) is 3.28. The van der Waals surface area contributed by atoms with Gasteiger partial charge in [0.2, 0.25) is 0 Å². The molecule has 1 fully saturated rings. The van der Waals surface area contributed by atoms with Crippen molar-refractivity contribution < 1.29 is 0 Å². The third-order valence-electron chi connectivity index (χ3n) is 4.35. The van der Waals surface area contributed by atoms with Gasteiger partial charge in [0.05, 0.1) is 6.54 Å². The Labute approximate surface area is 147 Å². The molecule has 0 aliphatic heterocycles. The molecule has 24 heavy (non-hydrogen) atoms. The number of para-hydroxylation sites is 1. The Morgan fingerprint density at radius 2 is 2.17 bits per heavy atom. The zero-order valence-corrected chi connectivity index (χ0v) is 15.0. The first-order valence-corrected chi connectivity index (χ1v) is 9.53. The molecule has 0 amide bonds. The molecule has 0 spiro atoms. The van der Waals surface area contributed by atoms with Gasteiger partial charge in [0.15, 0.2) is 11.8 Å². The summed E-state index contributed by atoms with van der Waals surface area (Å²) in [6.07, 6.45) is 7.60. The van der Waals surface area contributed by atoms with Crippen LogP contribution in [0.3, 0.4) is 0 Å². The van der Waals surface area contributed by atoms with E-state index in [1.807, 2.05) is 46.7 Å². The van der Waals surface area contributed by atoms with Gasteiger partial charge in [-0.1, -0.05) is 18.2 Å². The summed E-state index contributed by atoms with van der Waals surface area (Å²) in [5, 5.41) is 15.9. The van der Waals surface area contributed by atoms with Crippen molar-refractivity contribution in [1.29, 1.82) is 0 Å². The van der Waals surface area contributed by atoms with E-state index >= 15 is 0 Å². The van der Waals surface area contributed by atoms with E-state index in [0.717, 1.165) is 22.7 Å². The van der Waals surface area contributed by atoms with E-state index in [4.69, 9.17) is 0 Å². The first-order valence-electron chi connectivity index (χ1n) is 8.24. The van der Waals surface area contributed by atoms with Gasteiger partial charge in [-0.2, -0.15) is 11.8 Å². The number of rotatable bonds is 5. The van der Waals surface area contributed by atoms with E-state index in [1.165, 1.54) is 19.3 Å². The Kier molecular flexibility index (Phi) is 5.74. The first kappa shape index (κ1) is 16.8. The summed E-state index contributed by atoms with van der Waals surface area (Å²) in [6, 6.07) is 10.6. The topological polar surface area (TPSA) is 67.1 Å². The molecule has 6 nitrogen and oxygen atoms in total. The highest BCUT2D eigenvalue weighted by Gasteiger charge is 2.24. The van der Waals surface area contributed by atoms with Crippen molar-refractivity contribution >= 4 is 17.7 Å². The summed E-state index contributed by atoms with van der Waals surface area (Å²) < 4.78 is 1.99. The maximum absolute atomic E-state index is 4.33. The van der Waals surface area contributed by atoms with Crippen LogP contribution in [0.15, 0.2) is 41.7 Å². The second-order valence-corrected chi connectivity index (χ2v) is 7.03. The van der Waals surface area contributed by atoms with Crippen molar-refractivity contribution in [3.63, 3.8) is 0 Å². The summed E-state index contributed by atoms with van der Waals surface area (Å²) in [7, 11) is 1.80. The first-order chi connectivity index (χ1) is 11.8. The molecule has 1 aromatic heterocycles. The highest BCUT2D eigenvalue weighted by molar-refractivity contribution is 7.99. The van der Waals surface area contributed by atoms with Crippen LogP contribution in [0.5, 0.6) is 0 Å². The predicted molar refractivity (Wildman–Crippen MR) is 99.6 cm³/mol. The summed E-state index contributed by atoms with van der Waals surface area (Å²) in [4.78, 5) is 4.33. The molecule has 1 saturated carbocycles. The molecule has 1 aromatic carbocycles. The van der Waals surface area contributed by atoms with Gasteiger partial charge in [-0.15, -0.1) is 10.2 Å². The molecule has 2 unspecified atom stereocenters. The number of hydrogen-bond donors (Lipinski definition) is 2. The van der Waals surface area contributed by atoms with Crippen LogP contribution in [0.4, 0.5) is 0 Å². The normalized spacial score (nSPS) is 21.0. The molecule has 2 aromatic rings. The second-order valence-electron chi connectivity index (χ2n) is 5.89. The summed E-state index contributed by atoms with van der Waals surface area (Å²) in [5.74, 6) is 1.68. The lowest BCUT2D eigenvalue weighted by Gasteiger charge is -2.17. The van der Waals surface area contributed by atoms with Crippen molar-refractivity contribution in [2.45, 2.75) is 37.1 Å². The standard InChI is InChI=1S/C17H24N6S/c1-18-17(21-13-8-9-15(10-13)24-2)19-11-16-22-20-12-23(16)14-6-4-3-5-7-14/h3-7,12-13,15H,8-11H2,1-2H3,(H2,18,19,21). The highest BCUT2D eigenvalue weighted by atomic mass is 32.2. The van der Waals surface area contributed by atoms with Crippen LogP contribution in [-0.2, 0) is 6.54 Å². The van der Waals surface area contributed by atoms with Crippen molar-refractivity contribution in [3.05, 3.63) is 42.5 Å². The van der Waals surface area contributed by atoms with E-state index in [0.29, 0.717) is 12.6 Å². The van der Waals surface area contributed by atoms with Crippen molar-refractivity contribution in [3.8, 4) is 5.69 Å². The fourth-order valence-electron chi connectivity index (χ4n) is 3.02. The predicted octanol–water partition coefficient (Wildman–Crippen LogP) is 2.22. The van der Waals surface area contributed by atoms with Crippen LogP contribution in [0.2, 0.25) is 0 Å². The molecule has 2 N–H and O–H groups in total. The molecular formula is C17H24N6S. The number of nitrogens with one attached hydrogen (secondary N) is 2. The number of hydrogen-bond acceptors (Lipinski definition) is 4. The molecule has 3 rings (SSSR count). The lowest BCUT2D eigenvalue weighted by atomic mass is 10.2. The minimum Gasteiger partial charge on any atom is -0.354 e. The fourth-order valence-corrected chi connectivity index (χ4v) is 3.82. The Morgan fingerprint density at radius 1 is 1.33 bits per heavy atom. The van der Waals surface area contributed by atoms with Crippen LogP contribution < -0.4 is 10.6 Å². The van der Waals surface area contributed by atoms with Crippen molar-refractivity contribution in [1.82, 2.24) is 25.4 Å². The van der Waals surface area contributed by atoms with Gasteiger partial charge < -0.3 is 10.6 Å². The zero-order chi connectivity index (χ0) is 16.8. The van der Waals surface area contributed by atoms with Crippen LogP contribution in [0.25, 0.3) is 5.69 Å². The lowest BCUT2D eigenvalue weighted by Crippen LogP contribution is -2.42. The second kappa shape index (κ2) is 8.19. The lowest BCUT2D eigenvalue weighted by molar-refractivity contribution is 0.611. The zero-order valence-electron chi connectivity index (χ0n) is 14.1. The maximum Gasteiger partial charge on any atom is 0.191 e. The number of aromatic nitrogens is 3. The smallest absolute Gasteiger partial charge is 0.191 e. The van der Waals surface area contributed by atoms with Gasteiger partial charge in [0, 0.05) is 24.0 Å². The monoisotopic (exact) mass is 344 g/mol. The van der Waals surface area contributed by atoms with E-state index in [2.05, 4.69) is 32.1 Å². The van der Waals surface area contributed by atoms with Gasteiger partial charge in [-0.05, 0) is 37.7 Å². The number of aliphatic imine (C=N–C) groups is 1. The summed E-state index contributed by atoms with van der Waals surface area (Å²) in [6.45, 7) is 0.577. The number of guanidine groups is 1. The molecular weight excluding hydrogens is 320 g/mol. The third-order valence-corrected chi connectivity index (χ3v) is 5.44. The molecule has 128 valence electrons. The van der Waals surface area contributed by atoms with Gasteiger partial charge in [0.1, 0.15) is 6.33 Å². The van der Waals surface area contributed by atoms with E-state index < -0.39 is 0 Å². The van der Waals surface area contributed by atoms with Crippen LogP contribution >= 0.6 is 11.8 Å². The molecule has 1 aliphatic carbocycles. The number of benzene rings is 1. The molecule has 2 atom stereocenters.